The van der Waals surface area contributed by atoms with Crippen molar-refractivity contribution in [3.05, 3.63) is 22.4 Å². The van der Waals surface area contributed by atoms with Crippen LogP contribution in [0.4, 0.5) is 5.82 Å². The van der Waals surface area contributed by atoms with Gasteiger partial charge >= 0.3 is 0 Å². The Labute approximate surface area is 126 Å². The second kappa shape index (κ2) is 5.31. The lowest BCUT2D eigenvalue weighted by Crippen LogP contribution is -2.39. The molecule has 3 heterocycles. The number of hydrogen-bond donors (Lipinski definition) is 0. The standard InChI is InChI=1S/C17H23N3O/c1-12-15-11-21-17(2,3)9-13(15)14(10-18)16(19-12)20-7-5-4-6-8-20/h4-9,11H2,1-3H3/p+1. The summed E-state index contributed by atoms with van der Waals surface area (Å²) >= 11 is 0. The number of nitriles is 1. The predicted molar refractivity (Wildman–Crippen MR) is 81.1 cm³/mol. The Kier molecular flexibility index (Phi) is 3.62. The quantitative estimate of drug-likeness (QED) is 0.797. The minimum Gasteiger partial charge on any atom is -0.370 e. The maximum atomic E-state index is 9.73. The van der Waals surface area contributed by atoms with Gasteiger partial charge in [0.2, 0.25) is 0 Å². The van der Waals surface area contributed by atoms with Crippen molar-refractivity contribution in [3.8, 4) is 6.07 Å². The van der Waals surface area contributed by atoms with Crippen LogP contribution < -0.4 is 9.88 Å². The molecule has 21 heavy (non-hydrogen) atoms. The summed E-state index contributed by atoms with van der Waals surface area (Å²) < 4.78 is 5.91. The summed E-state index contributed by atoms with van der Waals surface area (Å²) in [5, 5.41) is 9.73. The molecule has 1 aromatic rings. The fourth-order valence-electron chi connectivity index (χ4n) is 3.45. The van der Waals surface area contributed by atoms with Crippen molar-refractivity contribution in [2.24, 2.45) is 0 Å². The Bertz CT molecular complexity index is 595. The molecule has 1 fully saturated rings. The molecule has 0 aromatic carbocycles. The van der Waals surface area contributed by atoms with E-state index in [1.165, 1.54) is 30.4 Å². The van der Waals surface area contributed by atoms with Crippen LogP contribution in [0.1, 0.15) is 55.5 Å². The van der Waals surface area contributed by atoms with Gasteiger partial charge in [-0.05, 0) is 45.6 Å². The van der Waals surface area contributed by atoms with Gasteiger partial charge in [0.05, 0.1) is 25.3 Å². The highest BCUT2D eigenvalue weighted by Crippen LogP contribution is 2.33. The fraction of sp³-hybridized carbons (Fsp3) is 0.647. The number of nitrogens with one attached hydrogen (secondary N) is 1. The van der Waals surface area contributed by atoms with Gasteiger partial charge in [-0.25, -0.2) is 4.98 Å². The van der Waals surface area contributed by atoms with Crippen molar-refractivity contribution in [3.63, 3.8) is 0 Å². The summed E-state index contributed by atoms with van der Waals surface area (Å²) in [5.41, 5.74) is 4.14. The van der Waals surface area contributed by atoms with Crippen LogP contribution in [-0.4, -0.2) is 18.7 Å². The van der Waals surface area contributed by atoms with Gasteiger partial charge in [0.25, 0.3) is 5.82 Å². The molecule has 0 atom stereocenters. The molecule has 2 aliphatic heterocycles. The molecule has 112 valence electrons. The Morgan fingerprint density at radius 2 is 1.90 bits per heavy atom. The molecule has 0 amide bonds. The number of rotatable bonds is 1. The third kappa shape index (κ3) is 2.63. The van der Waals surface area contributed by atoms with Gasteiger partial charge in [0.1, 0.15) is 17.3 Å². The lowest BCUT2D eigenvalue weighted by atomic mass is 9.88. The molecular weight excluding hydrogens is 262 g/mol. The van der Waals surface area contributed by atoms with Crippen LogP contribution in [0.25, 0.3) is 0 Å². The highest BCUT2D eigenvalue weighted by molar-refractivity contribution is 5.58. The molecule has 4 heteroatoms. The minimum atomic E-state index is -0.189. The average Bonchev–Trinajstić information content (AvgIpc) is 2.46. The van der Waals surface area contributed by atoms with Crippen LogP contribution in [0, 0.1) is 18.3 Å². The van der Waals surface area contributed by atoms with E-state index >= 15 is 0 Å². The highest BCUT2D eigenvalue weighted by atomic mass is 16.5. The Morgan fingerprint density at radius 3 is 2.57 bits per heavy atom. The van der Waals surface area contributed by atoms with Gasteiger partial charge in [-0.2, -0.15) is 5.26 Å². The van der Waals surface area contributed by atoms with Crippen LogP contribution in [0.3, 0.4) is 0 Å². The maximum Gasteiger partial charge on any atom is 0.293 e. The number of H-pyrrole nitrogens is 1. The van der Waals surface area contributed by atoms with Crippen LogP contribution in [0.15, 0.2) is 0 Å². The van der Waals surface area contributed by atoms with Crippen molar-refractivity contribution in [2.75, 3.05) is 18.0 Å². The van der Waals surface area contributed by atoms with E-state index in [1.54, 1.807) is 0 Å². The third-order valence-corrected chi connectivity index (χ3v) is 4.66. The lowest BCUT2D eigenvalue weighted by Gasteiger charge is -2.33. The van der Waals surface area contributed by atoms with Gasteiger partial charge in [0, 0.05) is 12.0 Å². The number of pyridine rings is 1. The molecule has 0 radical (unpaired) electrons. The van der Waals surface area contributed by atoms with Gasteiger partial charge in [-0.3, -0.25) is 4.90 Å². The number of aromatic amines is 1. The molecule has 1 saturated heterocycles. The molecule has 1 aromatic heterocycles. The normalized spacial score (nSPS) is 20.8. The molecule has 0 spiro atoms. The summed E-state index contributed by atoms with van der Waals surface area (Å²) in [7, 11) is 0. The van der Waals surface area contributed by atoms with E-state index < -0.39 is 0 Å². The third-order valence-electron chi connectivity index (χ3n) is 4.66. The van der Waals surface area contributed by atoms with Crippen molar-refractivity contribution < 1.29 is 9.72 Å². The monoisotopic (exact) mass is 286 g/mol. The molecular formula is C17H24N3O+. The molecule has 4 nitrogen and oxygen atoms in total. The molecule has 2 aliphatic rings. The van der Waals surface area contributed by atoms with Crippen LogP contribution in [-0.2, 0) is 17.8 Å². The van der Waals surface area contributed by atoms with Crippen molar-refractivity contribution in [2.45, 2.75) is 58.7 Å². The molecule has 0 aliphatic carbocycles. The molecule has 0 bridgehead atoms. The van der Waals surface area contributed by atoms with Crippen LogP contribution >= 0.6 is 0 Å². The number of piperidine rings is 1. The van der Waals surface area contributed by atoms with E-state index in [2.05, 4.69) is 36.7 Å². The number of hydrogen-bond acceptors (Lipinski definition) is 3. The van der Waals surface area contributed by atoms with Gasteiger partial charge < -0.3 is 4.74 Å². The van der Waals surface area contributed by atoms with Gasteiger partial charge in [0.15, 0.2) is 0 Å². The van der Waals surface area contributed by atoms with Gasteiger partial charge in [-0.1, -0.05) is 0 Å². The second-order valence-corrected chi connectivity index (χ2v) is 6.82. The maximum absolute atomic E-state index is 9.73. The number of anilines is 1. The van der Waals surface area contributed by atoms with Crippen molar-refractivity contribution in [1.29, 1.82) is 5.26 Å². The van der Waals surface area contributed by atoms with Crippen molar-refractivity contribution in [1.82, 2.24) is 0 Å². The summed E-state index contributed by atoms with van der Waals surface area (Å²) in [5.74, 6) is 1.02. The fourth-order valence-corrected chi connectivity index (χ4v) is 3.45. The first-order valence-corrected chi connectivity index (χ1v) is 7.88. The zero-order valence-corrected chi connectivity index (χ0v) is 13.3. The van der Waals surface area contributed by atoms with Crippen molar-refractivity contribution >= 4 is 5.82 Å². The number of ether oxygens (including phenoxy) is 1. The number of nitrogens with zero attached hydrogens (tertiary/aromatic N) is 2. The first-order chi connectivity index (χ1) is 10.0. The van der Waals surface area contributed by atoms with E-state index in [4.69, 9.17) is 4.74 Å². The summed E-state index contributed by atoms with van der Waals surface area (Å²) in [6.07, 6.45) is 4.53. The zero-order chi connectivity index (χ0) is 15.0. The summed E-state index contributed by atoms with van der Waals surface area (Å²) in [6, 6.07) is 2.46. The predicted octanol–water partition coefficient (Wildman–Crippen LogP) is 2.52. The minimum absolute atomic E-state index is 0.189. The van der Waals surface area contributed by atoms with Crippen LogP contribution in [0.5, 0.6) is 0 Å². The number of fused-ring (bicyclic) bond motifs is 1. The lowest BCUT2D eigenvalue weighted by molar-refractivity contribution is -0.376. The second-order valence-electron chi connectivity index (χ2n) is 6.82. The smallest absolute Gasteiger partial charge is 0.293 e. The van der Waals surface area contributed by atoms with E-state index in [1.807, 2.05) is 0 Å². The topological polar surface area (TPSA) is 50.4 Å². The van der Waals surface area contributed by atoms with E-state index in [0.29, 0.717) is 6.61 Å². The Balaban J connectivity index is 2.10. The number of aromatic nitrogens is 1. The SMILES string of the molecule is Cc1[nH+]c(N2CCCCC2)c(C#N)c2c1COC(C)(C)C2. The first kappa shape index (κ1) is 14.3. The van der Waals surface area contributed by atoms with Crippen LogP contribution in [0.2, 0.25) is 0 Å². The van der Waals surface area contributed by atoms with E-state index in [0.717, 1.165) is 36.6 Å². The Morgan fingerprint density at radius 1 is 1.19 bits per heavy atom. The molecule has 0 saturated carbocycles. The molecule has 0 unspecified atom stereocenters. The Hall–Kier alpha value is -1.60. The molecule has 1 N–H and O–H groups in total. The first-order valence-electron chi connectivity index (χ1n) is 7.88. The van der Waals surface area contributed by atoms with E-state index in [-0.39, 0.29) is 5.60 Å². The molecule has 3 rings (SSSR count). The highest BCUT2D eigenvalue weighted by Gasteiger charge is 2.34. The summed E-state index contributed by atoms with van der Waals surface area (Å²) in [6.45, 7) is 8.98. The van der Waals surface area contributed by atoms with E-state index in [9.17, 15) is 5.26 Å². The largest absolute Gasteiger partial charge is 0.370 e. The average molecular weight is 286 g/mol. The zero-order valence-electron chi connectivity index (χ0n) is 13.3. The van der Waals surface area contributed by atoms with Gasteiger partial charge in [-0.15, -0.1) is 0 Å². The number of aryl methyl sites for hydroxylation is 1. The summed E-state index contributed by atoms with van der Waals surface area (Å²) in [4.78, 5) is 5.82.